The summed E-state index contributed by atoms with van der Waals surface area (Å²) in [6.07, 6.45) is 7.84. The SMILES string of the molecule is CN(C)C(=O)CN1CCCC(n2cnc3cnc4[nH]ccc4c32)C1. The number of carbonyl (C=O) groups excluding carboxylic acids is 1. The first kappa shape index (κ1) is 15.1. The average molecular weight is 326 g/mol. The van der Waals surface area contributed by atoms with Crippen LogP contribution in [0.5, 0.6) is 0 Å². The highest BCUT2D eigenvalue weighted by Gasteiger charge is 2.25. The van der Waals surface area contributed by atoms with Crippen LogP contribution in [0.4, 0.5) is 0 Å². The predicted octanol–water partition coefficient (Wildman–Crippen LogP) is 1.64. The first-order valence-corrected chi connectivity index (χ1v) is 8.34. The molecule has 0 saturated carbocycles. The third-order valence-corrected chi connectivity index (χ3v) is 4.85. The summed E-state index contributed by atoms with van der Waals surface area (Å²) >= 11 is 0. The smallest absolute Gasteiger partial charge is 0.236 e. The van der Waals surface area contributed by atoms with Crippen LogP contribution >= 0.6 is 0 Å². The van der Waals surface area contributed by atoms with Crippen LogP contribution < -0.4 is 0 Å². The molecule has 126 valence electrons. The number of piperidine rings is 1. The van der Waals surface area contributed by atoms with Crippen LogP contribution in [0.1, 0.15) is 18.9 Å². The second-order valence-corrected chi connectivity index (χ2v) is 6.70. The second-order valence-electron chi connectivity index (χ2n) is 6.70. The molecule has 7 heteroatoms. The molecule has 3 aromatic rings. The maximum atomic E-state index is 12.0. The third-order valence-electron chi connectivity index (χ3n) is 4.85. The molecule has 1 amide bonds. The molecule has 7 nitrogen and oxygen atoms in total. The highest BCUT2D eigenvalue weighted by molar-refractivity contribution is 6.00. The van der Waals surface area contributed by atoms with E-state index in [2.05, 4.69) is 30.5 Å². The van der Waals surface area contributed by atoms with Gasteiger partial charge >= 0.3 is 0 Å². The molecule has 24 heavy (non-hydrogen) atoms. The molecule has 0 aliphatic carbocycles. The van der Waals surface area contributed by atoms with Gasteiger partial charge in [-0.3, -0.25) is 9.69 Å². The zero-order valence-electron chi connectivity index (χ0n) is 14.1. The molecule has 4 heterocycles. The van der Waals surface area contributed by atoms with Gasteiger partial charge in [-0.25, -0.2) is 9.97 Å². The second kappa shape index (κ2) is 5.90. The van der Waals surface area contributed by atoms with Crippen LogP contribution in [0.2, 0.25) is 0 Å². The fourth-order valence-corrected chi connectivity index (χ4v) is 3.54. The summed E-state index contributed by atoms with van der Waals surface area (Å²) in [6.45, 7) is 2.33. The standard InChI is InChI=1S/C17H22N6O/c1-21(2)15(24)10-22-7-3-4-12(9-22)23-11-20-14-8-19-17-13(16(14)23)5-6-18-17/h5-6,8,11-12H,3-4,7,9-10H2,1-2H3,(H,18,19). The van der Waals surface area contributed by atoms with Gasteiger partial charge in [0.15, 0.2) is 0 Å². The molecule has 3 aromatic heterocycles. The van der Waals surface area contributed by atoms with Crippen LogP contribution in [-0.2, 0) is 4.79 Å². The van der Waals surface area contributed by atoms with E-state index in [9.17, 15) is 4.79 Å². The largest absolute Gasteiger partial charge is 0.348 e. The number of aromatic amines is 1. The van der Waals surface area contributed by atoms with E-state index >= 15 is 0 Å². The number of carbonyl (C=O) groups is 1. The molecule has 0 spiro atoms. The summed E-state index contributed by atoms with van der Waals surface area (Å²) in [4.78, 5) is 28.0. The number of likely N-dealkylation sites (tertiary alicyclic amines) is 1. The highest BCUT2D eigenvalue weighted by atomic mass is 16.2. The van der Waals surface area contributed by atoms with E-state index < -0.39 is 0 Å². The van der Waals surface area contributed by atoms with Gasteiger partial charge in [0.2, 0.25) is 5.91 Å². The monoisotopic (exact) mass is 326 g/mol. The Labute approximate surface area is 140 Å². The number of aromatic nitrogens is 4. The Balaban J connectivity index is 1.64. The lowest BCUT2D eigenvalue weighted by Gasteiger charge is -2.33. The predicted molar refractivity (Wildman–Crippen MR) is 92.8 cm³/mol. The molecule has 1 aliphatic heterocycles. The van der Waals surface area contributed by atoms with Crippen molar-refractivity contribution >= 4 is 28.0 Å². The number of likely N-dealkylation sites (N-methyl/N-ethyl adjacent to an activating group) is 1. The fourth-order valence-electron chi connectivity index (χ4n) is 3.54. The van der Waals surface area contributed by atoms with Gasteiger partial charge < -0.3 is 14.5 Å². The van der Waals surface area contributed by atoms with Gasteiger partial charge in [-0.1, -0.05) is 0 Å². The quantitative estimate of drug-likeness (QED) is 0.794. The molecular formula is C17H22N6O. The molecule has 0 bridgehead atoms. The average Bonchev–Trinajstić information content (AvgIpc) is 3.20. The van der Waals surface area contributed by atoms with E-state index in [1.165, 1.54) is 0 Å². The Bertz CT molecular complexity index is 880. The first-order chi connectivity index (χ1) is 11.6. The molecule has 1 saturated heterocycles. The minimum absolute atomic E-state index is 0.156. The van der Waals surface area contributed by atoms with Crippen molar-refractivity contribution in [1.82, 2.24) is 29.3 Å². The Kier molecular flexibility index (Phi) is 3.72. The number of hydrogen-bond acceptors (Lipinski definition) is 4. The molecule has 1 aliphatic rings. The van der Waals surface area contributed by atoms with Gasteiger partial charge in [-0.15, -0.1) is 0 Å². The summed E-state index contributed by atoms with van der Waals surface area (Å²) in [5.74, 6) is 0.156. The van der Waals surface area contributed by atoms with E-state index in [0.717, 1.165) is 48.0 Å². The number of nitrogens with zero attached hydrogens (tertiary/aromatic N) is 5. The van der Waals surface area contributed by atoms with Crippen molar-refractivity contribution in [3.8, 4) is 0 Å². The molecule has 1 N–H and O–H groups in total. The van der Waals surface area contributed by atoms with E-state index in [-0.39, 0.29) is 5.91 Å². The maximum Gasteiger partial charge on any atom is 0.236 e. The summed E-state index contributed by atoms with van der Waals surface area (Å²) in [6, 6.07) is 2.39. The van der Waals surface area contributed by atoms with Crippen molar-refractivity contribution in [2.75, 3.05) is 33.7 Å². The van der Waals surface area contributed by atoms with Crippen molar-refractivity contribution < 1.29 is 4.79 Å². The number of amides is 1. The maximum absolute atomic E-state index is 12.0. The van der Waals surface area contributed by atoms with E-state index in [4.69, 9.17) is 0 Å². The Morgan fingerprint density at radius 3 is 3.12 bits per heavy atom. The minimum atomic E-state index is 0.156. The first-order valence-electron chi connectivity index (χ1n) is 8.34. The van der Waals surface area contributed by atoms with E-state index in [1.807, 2.05) is 32.8 Å². The lowest BCUT2D eigenvalue weighted by molar-refractivity contribution is -0.130. The van der Waals surface area contributed by atoms with Gasteiger partial charge in [-0.05, 0) is 25.5 Å². The summed E-state index contributed by atoms with van der Waals surface area (Å²) in [5.41, 5.74) is 2.94. The van der Waals surface area contributed by atoms with Crippen molar-refractivity contribution in [1.29, 1.82) is 0 Å². The number of hydrogen-bond donors (Lipinski definition) is 1. The lowest BCUT2D eigenvalue weighted by Crippen LogP contribution is -2.42. The lowest BCUT2D eigenvalue weighted by atomic mass is 10.0. The highest BCUT2D eigenvalue weighted by Crippen LogP contribution is 2.29. The van der Waals surface area contributed by atoms with Gasteiger partial charge in [0, 0.05) is 38.3 Å². The zero-order chi connectivity index (χ0) is 16.7. The summed E-state index contributed by atoms with van der Waals surface area (Å²) < 4.78 is 2.26. The van der Waals surface area contributed by atoms with Crippen molar-refractivity contribution in [2.45, 2.75) is 18.9 Å². The van der Waals surface area contributed by atoms with Crippen LogP contribution in [0, 0.1) is 0 Å². The number of H-pyrrole nitrogens is 1. The van der Waals surface area contributed by atoms with Crippen molar-refractivity contribution in [3.05, 3.63) is 24.8 Å². The van der Waals surface area contributed by atoms with Gasteiger partial charge in [-0.2, -0.15) is 0 Å². The normalized spacial score (nSPS) is 19.2. The topological polar surface area (TPSA) is 70.1 Å². The molecule has 0 aromatic carbocycles. The van der Waals surface area contributed by atoms with Crippen LogP contribution in [0.25, 0.3) is 22.1 Å². The van der Waals surface area contributed by atoms with Gasteiger partial charge in [0.1, 0.15) is 11.2 Å². The molecular weight excluding hydrogens is 304 g/mol. The van der Waals surface area contributed by atoms with Crippen molar-refractivity contribution in [3.63, 3.8) is 0 Å². The van der Waals surface area contributed by atoms with Crippen LogP contribution in [0.15, 0.2) is 24.8 Å². The number of fused-ring (bicyclic) bond motifs is 3. The summed E-state index contributed by atoms with van der Waals surface area (Å²) in [7, 11) is 3.62. The Morgan fingerprint density at radius 1 is 1.42 bits per heavy atom. The van der Waals surface area contributed by atoms with Gasteiger partial charge in [0.05, 0.1) is 24.6 Å². The molecule has 1 fully saturated rings. The minimum Gasteiger partial charge on any atom is -0.348 e. The molecule has 0 radical (unpaired) electrons. The Morgan fingerprint density at radius 2 is 2.29 bits per heavy atom. The summed E-state index contributed by atoms with van der Waals surface area (Å²) in [5, 5.41) is 1.10. The fraction of sp³-hybridized carbons (Fsp3) is 0.471. The molecule has 4 rings (SSSR count). The molecule has 1 atom stereocenters. The Hall–Kier alpha value is -2.41. The zero-order valence-corrected chi connectivity index (χ0v) is 14.1. The number of nitrogens with one attached hydrogen (secondary N) is 1. The van der Waals surface area contributed by atoms with Crippen LogP contribution in [0.3, 0.4) is 0 Å². The van der Waals surface area contributed by atoms with E-state index in [0.29, 0.717) is 12.6 Å². The van der Waals surface area contributed by atoms with Crippen molar-refractivity contribution in [2.24, 2.45) is 0 Å². The number of rotatable bonds is 3. The van der Waals surface area contributed by atoms with Crippen LogP contribution in [-0.4, -0.2) is 69.0 Å². The third kappa shape index (κ3) is 2.54. The van der Waals surface area contributed by atoms with E-state index in [1.54, 1.807) is 4.90 Å². The van der Waals surface area contributed by atoms with Gasteiger partial charge in [0.25, 0.3) is 0 Å². The number of imidazole rings is 1. The number of pyridine rings is 1. The molecule has 1 unspecified atom stereocenters.